The van der Waals surface area contributed by atoms with E-state index in [0.717, 1.165) is 5.56 Å². The summed E-state index contributed by atoms with van der Waals surface area (Å²) in [4.78, 5) is 0. The van der Waals surface area contributed by atoms with Gasteiger partial charge >= 0.3 is 7.82 Å². The van der Waals surface area contributed by atoms with Crippen LogP contribution in [0.25, 0.3) is 0 Å². The molecule has 0 saturated carbocycles. The monoisotopic (exact) mass is 256 g/mol. The Kier molecular flexibility index (Phi) is 2.81. The molecule has 0 spiro atoms. The third-order valence-electron chi connectivity index (χ3n) is 2.84. The van der Waals surface area contributed by atoms with Crippen molar-refractivity contribution in [3.05, 3.63) is 35.9 Å². The molecule has 0 unspecified atom stereocenters. The van der Waals surface area contributed by atoms with Crippen molar-refractivity contribution in [3.63, 3.8) is 0 Å². The van der Waals surface area contributed by atoms with Gasteiger partial charge in [0.1, 0.15) is 5.60 Å². The molecule has 0 aliphatic carbocycles. The number of fused-ring (bicyclic) bond motifs is 3. The summed E-state index contributed by atoms with van der Waals surface area (Å²) in [5, 5.41) is 0. The van der Waals surface area contributed by atoms with Gasteiger partial charge in [-0.1, -0.05) is 30.3 Å². The van der Waals surface area contributed by atoms with E-state index in [4.69, 9.17) is 18.3 Å². The first-order chi connectivity index (χ1) is 8.20. The Morgan fingerprint density at radius 2 is 1.71 bits per heavy atom. The first-order valence-electron chi connectivity index (χ1n) is 5.41. The van der Waals surface area contributed by atoms with Gasteiger partial charge in [0.2, 0.25) is 0 Å². The van der Waals surface area contributed by atoms with Gasteiger partial charge in [0, 0.05) is 0 Å². The highest BCUT2D eigenvalue weighted by molar-refractivity contribution is 7.48. The molecule has 0 radical (unpaired) electrons. The van der Waals surface area contributed by atoms with Gasteiger partial charge in [0.15, 0.2) is 0 Å². The van der Waals surface area contributed by atoms with Gasteiger partial charge in [0.25, 0.3) is 0 Å². The summed E-state index contributed by atoms with van der Waals surface area (Å²) in [5.74, 6) is 0. The fourth-order valence-corrected chi connectivity index (χ4v) is 3.17. The van der Waals surface area contributed by atoms with Crippen LogP contribution in [0.5, 0.6) is 0 Å². The van der Waals surface area contributed by atoms with Crippen LogP contribution < -0.4 is 0 Å². The van der Waals surface area contributed by atoms with Gasteiger partial charge in [-0.2, -0.15) is 0 Å². The van der Waals surface area contributed by atoms with Crippen molar-refractivity contribution >= 4 is 7.82 Å². The van der Waals surface area contributed by atoms with E-state index in [-0.39, 0.29) is 19.8 Å². The summed E-state index contributed by atoms with van der Waals surface area (Å²) in [6.07, 6.45) is 0. The van der Waals surface area contributed by atoms with Crippen LogP contribution in [0.15, 0.2) is 30.3 Å². The highest BCUT2D eigenvalue weighted by Gasteiger charge is 2.51. The molecule has 0 atom stereocenters. The Morgan fingerprint density at radius 3 is 2.29 bits per heavy atom. The molecule has 3 aliphatic rings. The molecule has 3 fully saturated rings. The summed E-state index contributed by atoms with van der Waals surface area (Å²) >= 11 is 0. The molecule has 0 aromatic heterocycles. The summed E-state index contributed by atoms with van der Waals surface area (Å²) in [6.45, 7) is 1.24. The van der Waals surface area contributed by atoms with Crippen molar-refractivity contribution in [1.29, 1.82) is 0 Å². The lowest BCUT2D eigenvalue weighted by Crippen LogP contribution is -2.52. The maximum absolute atomic E-state index is 11.5. The first-order valence-corrected chi connectivity index (χ1v) is 6.87. The third-order valence-corrected chi connectivity index (χ3v) is 4.18. The van der Waals surface area contributed by atoms with Crippen molar-refractivity contribution < 1.29 is 22.9 Å². The predicted molar refractivity (Wildman–Crippen MR) is 59.4 cm³/mol. The van der Waals surface area contributed by atoms with Gasteiger partial charge < -0.3 is 4.74 Å². The standard InChI is InChI=1S/C11H13O5P/c12-17-14-7-11(8-15-17,9-16-17)13-6-10-4-2-1-3-5-10/h1-5H,6-9H2. The smallest absolute Gasteiger partial charge is 0.363 e. The molecule has 1 aromatic rings. The lowest BCUT2D eigenvalue weighted by atomic mass is 10.1. The second kappa shape index (κ2) is 4.19. The molecule has 6 heteroatoms. The maximum Gasteiger partial charge on any atom is 0.475 e. The van der Waals surface area contributed by atoms with Crippen LogP contribution in [0.4, 0.5) is 0 Å². The molecule has 2 bridgehead atoms. The quantitative estimate of drug-likeness (QED) is 0.775. The molecule has 92 valence electrons. The van der Waals surface area contributed by atoms with Gasteiger partial charge in [-0.15, -0.1) is 0 Å². The van der Waals surface area contributed by atoms with E-state index in [0.29, 0.717) is 6.61 Å². The summed E-state index contributed by atoms with van der Waals surface area (Å²) in [6, 6.07) is 9.83. The zero-order chi connectivity index (χ0) is 11.8. The third kappa shape index (κ3) is 2.30. The van der Waals surface area contributed by atoms with Gasteiger partial charge in [-0.25, -0.2) is 4.57 Å². The van der Waals surface area contributed by atoms with E-state index >= 15 is 0 Å². The predicted octanol–water partition coefficient (Wildman–Crippen LogP) is 2.13. The largest absolute Gasteiger partial charge is 0.475 e. The Balaban J connectivity index is 1.64. The molecular formula is C11H13O5P. The van der Waals surface area contributed by atoms with Crippen LogP contribution in [0.1, 0.15) is 5.56 Å². The van der Waals surface area contributed by atoms with E-state index in [9.17, 15) is 4.57 Å². The summed E-state index contributed by atoms with van der Waals surface area (Å²) in [5.41, 5.74) is 0.448. The van der Waals surface area contributed by atoms with Crippen molar-refractivity contribution in [3.8, 4) is 0 Å². The fraction of sp³-hybridized carbons (Fsp3) is 0.455. The van der Waals surface area contributed by atoms with E-state index < -0.39 is 13.4 Å². The van der Waals surface area contributed by atoms with Crippen LogP contribution >= 0.6 is 7.82 Å². The zero-order valence-electron chi connectivity index (χ0n) is 9.20. The summed E-state index contributed by atoms with van der Waals surface area (Å²) in [7, 11) is -3.25. The van der Waals surface area contributed by atoms with E-state index in [1.165, 1.54) is 0 Å². The van der Waals surface area contributed by atoms with Crippen LogP contribution in [0.3, 0.4) is 0 Å². The van der Waals surface area contributed by atoms with Crippen LogP contribution in [-0.4, -0.2) is 25.4 Å². The maximum atomic E-state index is 11.5. The Bertz CT molecular complexity index is 415. The molecule has 3 saturated heterocycles. The van der Waals surface area contributed by atoms with Gasteiger partial charge in [-0.05, 0) is 5.56 Å². The minimum Gasteiger partial charge on any atom is -0.363 e. The molecule has 3 aliphatic heterocycles. The SMILES string of the molecule is O=P12OCC(OCc3ccccc3)(CO1)CO2. The number of ether oxygens (including phenoxy) is 1. The van der Waals surface area contributed by atoms with E-state index in [2.05, 4.69) is 0 Å². The van der Waals surface area contributed by atoms with Crippen molar-refractivity contribution in [2.24, 2.45) is 0 Å². The minimum absolute atomic E-state index is 0.261. The molecule has 5 nitrogen and oxygen atoms in total. The Hall–Kier alpha value is -0.710. The average Bonchev–Trinajstić information content (AvgIpc) is 2.40. The highest BCUT2D eigenvalue weighted by Crippen LogP contribution is 2.58. The normalized spacial score (nSPS) is 36.0. The second-order valence-corrected chi connectivity index (χ2v) is 5.89. The topological polar surface area (TPSA) is 54.0 Å². The fourth-order valence-electron chi connectivity index (χ4n) is 1.76. The number of phosphoric ester groups is 1. The Morgan fingerprint density at radius 1 is 1.12 bits per heavy atom. The Labute approximate surface area is 99.2 Å². The van der Waals surface area contributed by atoms with Crippen LogP contribution in [0, 0.1) is 0 Å². The number of rotatable bonds is 3. The molecular weight excluding hydrogens is 243 g/mol. The minimum atomic E-state index is -3.25. The average molecular weight is 256 g/mol. The molecule has 17 heavy (non-hydrogen) atoms. The number of phosphoric acid groups is 1. The van der Waals surface area contributed by atoms with Crippen molar-refractivity contribution in [2.45, 2.75) is 12.2 Å². The molecule has 3 heterocycles. The second-order valence-electron chi connectivity index (χ2n) is 4.22. The van der Waals surface area contributed by atoms with Crippen LogP contribution in [-0.2, 0) is 29.5 Å². The highest BCUT2D eigenvalue weighted by atomic mass is 31.2. The van der Waals surface area contributed by atoms with Gasteiger partial charge in [0.05, 0.1) is 26.4 Å². The number of hydrogen-bond acceptors (Lipinski definition) is 5. The van der Waals surface area contributed by atoms with Crippen molar-refractivity contribution in [2.75, 3.05) is 19.8 Å². The summed E-state index contributed by atoms with van der Waals surface area (Å²) < 4.78 is 32.5. The first kappa shape index (κ1) is 11.4. The number of benzene rings is 1. The lowest BCUT2D eigenvalue weighted by molar-refractivity contribution is -0.188. The van der Waals surface area contributed by atoms with Gasteiger partial charge in [-0.3, -0.25) is 13.6 Å². The molecule has 0 amide bonds. The number of hydrogen-bond donors (Lipinski definition) is 0. The molecule has 1 aromatic carbocycles. The molecule has 4 rings (SSSR count). The lowest BCUT2D eigenvalue weighted by Gasteiger charge is -2.43. The van der Waals surface area contributed by atoms with Crippen LogP contribution in [0.2, 0.25) is 0 Å². The zero-order valence-corrected chi connectivity index (χ0v) is 10.1. The van der Waals surface area contributed by atoms with E-state index in [1.807, 2.05) is 30.3 Å². The van der Waals surface area contributed by atoms with E-state index in [1.54, 1.807) is 0 Å². The molecule has 0 N–H and O–H groups in total. The van der Waals surface area contributed by atoms with Crippen molar-refractivity contribution in [1.82, 2.24) is 0 Å².